The van der Waals surface area contributed by atoms with Crippen LogP contribution in [0.5, 0.6) is 0 Å². The molecule has 326 valence electrons. The number of aliphatic hydroxyl groups is 5. The first-order valence-electron chi connectivity index (χ1n) is 20.7. The standard InChI is InChI=1S/C42H62O16.Mg/c1-37(2)21-8-11-42(7)31(20(43)16-18-19-17-39(4,36(53)54)13-12-38(19,3)14-15-41(18,42)6)40(21,5)10-9-22(37)55-35-30(26(47)25(46)29(57-35)33(51)52)58-34-27(48)23(44)24(45)28(56-34)32(49)50;/h16,19,21-31,34-35,44-48H,8-15,17H2,1-7H3,(H,49,50)(H,51,52)(H,53,54);/q;+2/p-2/t19-,21+,22+,23-,24+,25+,26-,27?,28?,29?,30?,31-,34+,35+,38-,39+,40+,41-,42-;/m1./s1. The van der Waals surface area contributed by atoms with Gasteiger partial charge in [-0.3, -0.25) is 9.59 Å². The Morgan fingerprint density at radius 3 is 1.90 bits per heavy atom. The van der Waals surface area contributed by atoms with Crippen molar-refractivity contribution >= 4 is 46.7 Å². The molecule has 6 N–H and O–H groups in total. The number of ketones is 1. The van der Waals surface area contributed by atoms with Gasteiger partial charge in [-0.2, -0.15) is 0 Å². The number of rotatable bonds is 7. The fourth-order valence-electron chi connectivity index (χ4n) is 13.4. The van der Waals surface area contributed by atoms with Crippen molar-refractivity contribution < 1.29 is 79.0 Å². The van der Waals surface area contributed by atoms with E-state index in [-0.39, 0.29) is 57.4 Å². The molecular formula is C42H60MgO16. The molecule has 59 heavy (non-hydrogen) atoms. The summed E-state index contributed by atoms with van der Waals surface area (Å²) in [5.74, 6) is -5.04. The Morgan fingerprint density at radius 1 is 0.729 bits per heavy atom. The third-order valence-electron chi connectivity index (χ3n) is 17.2. The Balaban J connectivity index is 0.00000585. The molecule has 0 amide bonds. The number of allylic oxidation sites excluding steroid dienone is 2. The number of carbonyl (C=O) groups excluding carboxylic acids is 3. The van der Waals surface area contributed by atoms with Gasteiger partial charge in [-0.15, -0.1) is 0 Å². The van der Waals surface area contributed by atoms with Gasteiger partial charge in [0.05, 0.1) is 23.5 Å². The van der Waals surface area contributed by atoms with E-state index in [1.165, 1.54) is 0 Å². The fraction of sp³-hybridized carbons (Fsp3) is 0.857. The van der Waals surface area contributed by atoms with Crippen molar-refractivity contribution in [1.29, 1.82) is 0 Å². The molecule has 0 spiro atoms. The summed E-state index contributed by atoms with van der Waals surface area (Å²) >= 11 is 0. The number of ether oxygens (including phenoxy) is 4. The third kappa shape index (κ3) is 6.95. The van der Waals surface area contributed by atoms with E-state index in [1.807, 2.05) is 26.8 Å². The maximum absolute atomic E-state index is 14.8. The summed E-state index contributed by atoms with van der Waals surface area (Å²) in [7, 11) is 0. The van der Waals surface area contributed by atoms with E-state index in [1.54, 1.807) is 0 Å². The summed E-state index contributed by atoms with van der Waals surface area (Å²) in [5, 5.41) is 87.1. The van der Waals surface area contributed by atoms with Crippen LogP contribution in [-0.4, -0.2) is 145 Å². The van der Waals surface area contributed by atoms with Gasteiger partial charge in [-0.1, -0.05) is 47.1 Å². The molecule has 0 aromatic rings. The van der Waals surface area contributed by atoms with Gasteiger partial charge >= 0.3 is 29.0 Å². The average Bonchev–Trinajstić information content (AvgIpc) is 3.13. The van der Waals surface area contributed by atoms with Gasteiger partial charge in [-0.05, 0) is 110 Å². The SMILES string of the molecule is CC1(C)[C@@H](O[C@H]2OC(C(=O)[O-])[C@@H](O)[C@@H](O)C2O[C@@H]2OC(C(=O)[O-])[C@@H](O)[C@@H](O)C2O)CC[C@]2(C)[C@H]3C(=O)C=C4[C@H]5C[C@@](C)(C(=O)O)CC[C@]5(C)CC[C@@]4(C)[C@]3(C)CC[C@@H]12.[Mg+2]. The van der Waals surface area contributed by atoms with Crippen molar-refractivity contribution in [1.82, 2.24) is 0 Å². The molecular weight excluding hydrogens is 785 g/mol. The van der Waals surface area contributed by atoms with Crippen LogP contribution in [0.15, 0.2) is 11.6 Å². The first-order valence-corrected chi connectivity index (χ1v) is 20.7. The molecule has 7 aliphatic rings. The van der Waals surface area contributed by atoms with E-state index >= 15 is 0 Å². The van der Waals surface area contributed by atoms with Crippen LogP contribution in [0.4, 0.5) is 0 Å². The van der Waals surface area contributed by atoms with Gasteiger partial charge in [0.15, 0.2) is 18.4 Å². The van der Waals surface area contributed by atoms with Crippen LogP contribution in [0, 0.1) is 50.2 Å². The Kier molecular flexibility index (Phi) is 12.3. The fourth-order valence-corrected chi connectivity index (χ4v) is 13.4. The number of carboxylic acid groups (broad SMARTS) is 3. The zero-order valence-corrected chi connectivity index (χ0v) is 36.4. The minimum Gasteiger partial charge on any atom is -0.547 e. The quantitative estimate of drug-likeness (QED) is 0.135. The maximum Gasteiger partial charge on any atom is 2.00 e. The zero-order chi connectivity index (χ0) is 42.9. The van der Waals surface area contributed by atoms with Crippen LogP contribution in [0.25, 0.3) is 0 Å². The predicted molar refractivity (Wildman–Crippen MR) is 200 cm³/mol. The topological polar surface area (TPSA) is 273 Å². The molecule has 0 bridgehead atoms. The van der Waals surface area contributed by atoms with Crippen LogP contribution in [0.1, 0.15) is 106 Å². The van der Waals surface area contributed by atoms with Crippen LogP contribution in [0.2, 0.25) is 0 Å². The molecule has 2 saturated heterocycles. The van der Waals surface area contributed by atoms with Crippen molar-refractivity contribution in [2.75, 3.05) is 0 Å². The molecule has 6 fully saturated rings. The number of carboxylic acids is 3. The molecule has 2 heterocycles. The van der Waals surface area contributed by atoms with E-state index in [9.17, 15) is 60.0 Å². The van der Waals surface area contributed by atoms with E-state index in [0.29, 0.717) is 38.5 Å². The van der Waals surface area contributed by atoms with E-state index in [4.69, 9.17) is 18.9 Å². The number of aliphatic carboxylic acids is 3. The second kappa shape index (κ2) is 15.5. The third-order valence-corrected chi connectivity index (χ3v) is 17.2. The minimum absolute atomic E-state index is 0. The van der Waals surface area contributed by atoms with Crippen molar-refractivity contribution in [3.8, 4) is 0 Å². The minimum atomic E-state index is -2.15. The van der Waals surface area contributed by atoms with E-state index in [2.05, 4.69) is 27.7 Å². The first kappa shape index (κ1) is 46.7. The van der Waals surface area contributed by atoms with Crippen molar-refractivity contribution in [3.05, 3.63) is 11.6 Å². The van der Waals surface area contributed by atoms with Gasteiger partial charge in [0.2, 0.25) is 0 Å². The number of carbonyl (C=O) groups is 4. The Hall–Kier alpha value is -1.77. The molecule has 7 rings (SSSR count). The normalized spacial score (nSPS) is 51.7. The Morgan fingerprint density at radius 2 is 1.31 bits per heavy atom. The number of fused-ring (bicyclic) bond motifs is 7. The number of hydrogen-bond acceptors (Lipinski definition) is 15. The van der Waals surface area contributed by atoms with Crippen LogP contribution in [-0.2, 0) is 38.1 Å². The number of hydrogen-bond donors (Lipinski definition) is 6. The molecule has 0 radical (unpaired) electrons. The monoisotopic (exact) mass is 844 g/mol. The van der Waals surface area contributed by atoms with Crippen molar-refractivity contribution in [2.24, 2.45) is 50.2 Å². The molecule has 5 aliphatic carbocycles. The van der Waals surface area contributed by atoms with Crippen LogP contribution in [0.3, 0.4) is 0 Å². The second-order valence-corrected chi connectivity index (χ2v) is 20.6. The van der Waals surface area contributed by atoms with E-state index < -0.39 is 107 Å². The predicted octanol–water partition coefficient (Wildman–Crippen LogP) is -0.805. The van der Waals surface area contributed by atoms with Crippen molar-refractivity contribution in [3.63, 3.8) is 0 Å². The second-order valence-electron chi connectivity index (χ2n) is 20.6. The summed E-state index contributed by atoms with van der Waals surface area (Å²) in [6.07, 6.45) is -13.1. The van der Waals surface area contributed by atoms with Gasteiger partial charge < -0.3 is 69.4 Å². The summed E-state index contributed by atoms with van der Waals surface area (Å²) in [5.41, 5.74) is -1.89. The molecule has 4 unspecified atom stereocenters. The van der Waals surface area contributed by atoms with Gasteiger partial charge in [0.1, 0.15) is 48.8 Å². The molecule has 17 heteroatoms. The van der Waals surface area contributed by atoms with Crippen LogP contribution < -0.4 is 10.2 Å². The van der Waals surface area contributed by atoms with E-state index in [0.717, 1.165) is 24.8 Å². The Labute approximate surface area is 360 Å². The molecule has 19 atom stereocenters. The molecule has 0 aromatic carbocycles. The molecule has 0 aromatic heterocycles. The Bertz CT molecular complexity index is 1740. The number of aliphatic hydroxyl groups excluding tert-OH is 5. The average molecular weight is 845 g/mol. The summed E-state index contributed by atoms with van der Waals surface area (Å²) in [6.45, 7) is 14.8. The maximum atomic E-state index is 14.8. The van der Waals surface area contributed by atoms with Crippen LogP contribution >= 0.6 is 0 Å². The molecule has 16 nitrogen and oxygen atoms in total. The zero-order valence-electron chi connectivity index (χ0n) is 35.0. The summed E-state index contributed by atoms with van der Waals surface area (Å²) in [6, 6.07) is 0. The smallest absolute Gasteiger partial charge is 0.547 e. The first-order chi connectivity index (χ1) is 26.8. The largest absolute Gasteiger partial charge is 2.00 e. The van der Waals surface area contributed by atoms with Gasteiger partial charge in [0, 0.05) is 5.92 Å². The van der Waals surface area contributed by atoms with Gasteiger partial charge in [0.25, 0.3) is 0 Å². The summed E-state index contributed by atoms with van der Waals surface area (Å²) in [4.78, 5) is 51.1. The van der Waals surface area contributed by atoms with Crippen molar-refractivity contribution in [2.45, 2.75) is 174 Å². The van der Waals surface area contributed by atoms with Gasteiger partial charge in [-0.25, -0.2) is 0 Å². The molecule has 4 saturated carbocycles. The summed E-state index contributed by atoms with van der Waals surface area (Å²) < 4.78 is 23.1. The molecule has 2 aliphatic heterocycles.